The summed E-state index contributed by atoms with van der Waals surface area (Å²) in [6, 6.07) is 7.66. The summed E-state index contributed by atoms with van der Waals surface area (Å²) < 4.78 is 56.4. The quantitative estimate of drug-likeness (QED) is 0.225. The van der Waals surface area contributed by atoms with E-state index in [1.807, 2.05) is 0 Å². The number of aliphatic hydroxyl groups is 1. The van der Waals surface area contributed by atoms with Gasteiger partial charge in [0.2, 0.25) is 5.88 Å². The standard InChI is InChI=1S/C39H49F2N5O6/c1-22-15-26(16-23(2)52-22)46-12-8-11-38(4,24(46)3)20-51-37-43-34-31(35(44-37)45-13-14-50-21-39(5,48)19-45)36(49-6)42-33(32(34)41)28-18-27(47)17-25-9-7-10-29(40)30(25)28/h7,9-10,17-18,22-24,26,47-48H,8,11-16,19-21H2,1-6H3. The zero-order chi connectivity index (χ0) is 36.9. The molecule has 5 heterocycles. The van der Waals surface area contributed by atoms with Crippen LogP contribution < -0.4 is 14.4 Å². The predicted octanol–water partition coefficient (Wildman–Crippen LogP) is 6.25. The Balaban J connectivity index is 1.33. The van der Waals surface area contributed by atoms with E-state index in [-0.39, 0.29) is 101 Å². The lowest BCUT2D eigenvalue weighted by molar-refractivity contribution is -0.0967. The number of likely N-dealkylation sites (tertiary alicyclic amines) is 1. The van der Waals surface area contributed by atoms with Crippen LogP contribution in [-0.4, -0.2) is 107 Å². The summed E-state index contributed by atoms with van der Waals surface area (Å²) >= 11 is 0. The lowest BCUT2D eigenvalue weighted by atomic mass is 9.74. The number of hydrogen-bond donors (Lipinski definition) is 2. The number of hydrogen-bond acceptors (Lipinski definition) is 11. The van der Waals surface area contributed by atoms with Crippen LogP contribution in [0.2, 0.25) is 0 Å². The van der Waals surface area contributed by atoms with Gasteiger partial charge >= 0.3 is 6.01 Å². The summed E-state index contributed by atoms with van der Waals surface area (Å²) in [6.07, 6.45) is 4.27. The van der Waals surface area contributed by atoms with Crippen LogP contribution in [0.15, 0.2) is 30.3 Å². The van der Waals surface area contributed by atoms with E-state index in [9.17, 15) is 10.2 Å². The molecule has 0 bridgehead atoms. The minimum absolute atomic E-state index is 0.00554. The van der Waals surface area contributed by atoms with Crippen LogP contribution in [0.1, 0.15) is 60.3 Å². The summed E-state index contributed by atoms with van der Waals surface area (Å²) in [4.78, 5) is 18.4. The van der Waals surface area contributed by atoms with Crippen molar-refractivity contribution in [3.05, 3.63) is 42.0 Å². The lowest BCUT2D eigenvalue weighted by Crippen LogP contribution is -2.57. The molecule has 52 heavy (non-hydrogen) atoms. The SMILES string of the molecule is COc1nc(-c2cc(O)cc3cccc(F)c23)c(F)c2nc(OCC3(C)CCCN(C4CC(C)OC(C)C4)C3C)nc(N3CCOCC(C)(O)C3)c12. The first kappa shape index (κ1) is 36.4. The molecule has 3 aliphatic heterocycles. The molecule has 11 nitrogen and oxygen atoms in total. The summed E-state index contributed by atoms with van der Waals surface area (Å²) in [6.45, 7) is 12.5. The molecule has 0 spiro atoms. The van der Waals surface area contributed by atoms with Gasteiger partial charge in [0.05, 0.1) is 45.7 Å². The fourth-order valence-electron chi connectivity index (χ4n) is 8.49. The van der Waals surface area contributed by atoms with Crippen molar-refractivity contribution in [1.82, 2.24) is 19.9 Å². The highest BCUT2D eigenvalue weighted by atomic mass is 19.1. The molecule has 3 saturated heterocycles. The van der Waals surface area contributed by atoms with Gasteiger partial charge in [-0.2, -0.15) is 9.97 Å². The molecule has 5 unspecified atom stereocenters. The Morgan fingerprint density at radius 3 is 2.54 bits per heavy atom. The van der Waals surface area contributed by atoms with E-state index in [4.69, 9.17) is 23.9 Å². The molecule has 0 amide bonds. The van der Waals surface area contributed by atoms with Gasteiger partial charge in [0, 0.05) is 35.0 Å². The number of pyridine rings is 1. The molecule has 7 rings (SSSR count). The van der Waals surface area contributed by atoms with Gasteiger partial charge in [-0.25, -0.2) is 13.8 Å². The Labute approximate surface area is 302 Å². The summed E-state index contributed by atoms with van der Waals surface area (Å²) in [5.74, 6) is -1.37. The van der Waals surface area contributed by atoms with Gasteiger partial charge in [-0.05, 0) is 83.5 Å². The van der Waals surface area contributed by atoms with Crippen molar-refractivity contribution in [3.63, 3.8) is 0 Å². The molecule has 2 N–H and O–H groups in total. The average molecular weight is 722 g/mol. The minimum atomic E-state index is -1.24. The fraction of sp³-hybridized carbons (Fsp3) is 0.564. The Bertz CT molecular complexity index is 1950. The Morgan fingerprint density at radius 2 is 1.79 bits per heavy atom. The number of benzene rings is 2. The van der Waals surface area contributed by atoms with E-state index in [1.54, 1.807) is 17.9 Å². The van der Waals surface area contributed by atoms with Gasteiger partial charge in [0.15, 0.2) is 5.82 Å². The van der Waals surface area contributed by atoms with E-state index in [0.29, 0.717) is 18.0 Å². The summed E-state index contributed by atoms with van der Waals surface area (Å²) in [5.41, 5.74) is -1.85. The monoisotopic (exact) mass is 721 g/mol. The molecule has 2 aromatic heterocycles. The highest BCUT2D eigenvalue weighted by Gasteiger charge is 2.43. The van der Waals surface area contributed by atoms with Crippen LogP contribution >= 0.6 is 0 Å². The number of methoxy groups -OCH3 is 1. The molecule has 4 aromatic rings. The first-order chi connectivity index (χ1) is 24.8. The molecule has 0 aliphatic carbocycles. The van der Waals surface area contributed by atoms with E-state index >= 15 is 8.78 Å². The number of phenols is 1. The molecule has 5 atom stereocenters. The number of nitrogens with zero attached hydrogens (tertiary/aromatic N) is 5. The van der Waals surface area contributed by atoms with Crippen molar-refractivity contribution in [1.29, 1.82) is 0 Å². The first-order valence-corrected chi connectivity index (χ1v) is 18.2. The second-order valence-corrected chi connectivity index (χ2v) is 15.5. The third-order valence-corrected chi connectivity index (χ3v) is 11.2. The molecular formula is C39H49F2N5O6. The van der Waals surface area contributed by atoms with E-state index in [1.165, 1.54) is 31.4 Å². The van der Waals surface area contributed by atoms with Gasteiger partial charge in [0.1, 0.15) is 39.6 Å². The Kier molecular flexibility index (Phi) is 9.92. The number of ether oxygens (including phenoxy) is 4. The number of β-amino-alcohol motifs (C(OH)–C–C–N with tert-alkyl or cyclic N) is 1. The van der Waals surface area contributed by atoms with Crippen LogP contribution in [0.4, 0.5) is 14.6 Å². The first-order valence-electron chi connectivity index (χ1n) is 18.2. The molecule has 280 valence electrons. The van der Waals surface area contributed by atoms with Gasteiger partial charge in [-0.15, -0.1) is 0 Å². The third-order valence-electron chi connectivity index (χ3n) is 11.2. The number of aromatic hydroxyl groups is 1. The van der Waals surface area contributed by atoms with Gasteiger partial charge in [0.25, 0.3) is 0 Å². The van der Waals surface area contributed by atoms with Crippen molar-refractivity contribution in [3.8, 4) is 28.9 Å². The number of halogens is 2. The molecule has 13 heteroatoms. The molecular weight excluding hydrogens is 672 g/mol. The normalized spacial score (nSPS) is 29.0. The molecule has 3 aliphatic rings. The van der Waals surface area contributed by atoms with Crippen LogP contribution in [0.3, 0.4) is 0 Å². The average Bonchev–Trinajstić information content (AvgIpc) is 3.28. The molecule has 0 radical (unpaired) electrons. The highest BCUT2D eigenvalue weighted by Crippen LogP contribution is 2.43. The number of piperidine rings is 1. The van der Waals surface area contributed by atoms with E-state index in [2.05, 4.69) is 42.6 Å². The molecule has 2 aromatic carbocycles. The maximum absolute atomic E-state index is 17.1. The van der Waals surface area contributed by atoms with Crippen LogP contribution in [0, 0.1) is 17.0 Å². The number of phenolic OH excluding ortho intramolecular Hbond substituents is 1. The number of anilines is 1. The van der Waals surface area contributed by atoms with Crippen molar-refractivity contribution in [2.45, 2.75) is 90.2 Å². The van der Waals surface area contributed by atoms with Crippen molar-refractivity contribution >= 4 is 27.5 Å². The van der Waals surface area contributed by atoms with Crippen LogP contribution in [0.5, 0.6) is 17.6 Å². The topological polar surface area (TPSA) is 123 Å². The smallest absolute Gasteiger partial charge is 0.319 e. The zero-order valence-corrected chi connectivity index (χ0v) is 30.8. The Hall–Kier alpha value is -3.91. The lowest BCUT2D eigenvalue weighted by Gasteiger charge is -2.51. The van der Waals surface area contributed by atoms with Gasteiger partial charge < -0.3 is 34.1 Å². The number of fused-ring (bicyclic) bond motifs is 2. The van der Waals surface area contributed by atoms with Crippen molar-refractivity contribution in [2.75, 3.05) is 51.5 Å². The van der Waals surface area contributed by atoms with Crippen molar-refractivity contribution in [2.24, 2.45) is 5.41 Å². The molecule has 3 fully saturated rings. The van der Waals surface area contributed by atoms with Crippen molar-refractivity contribution < 1.29 is 37.9 Å². The second kappa shape index (κ2) is 14.1. The fourth-order valence-corrected chi connectivity index (χ4v) is 8.49. The number of aromatic nitrogens is 3. The largest absolute Gasteiger partial charge is 0.508 e. The van der Waals surface area contributed by atoms with Gasteiger partial charge in [-0.1, -0.05) is 19.1 Å². The zero-order valence-electron chi connectivity index (χ0n) is 30.8. The third kappa shape index (κ3) is 6.95. The minimum Gasteiger partial charge on any atom is -0.508 e. The van der Waals surface area contributed by atoms with E-state index in [0.717, 1.165) is 32.2 Å². The van der Waals surface area contributed by atoms with Crippen LogP contribution in [0.25, 0.3) is 32.9 Å². The Morgan fingerprint density at radius 1 is 1.02 bits per heavy atom. The summed E-state index contributed by atoms with van der Waals surface area (Å²) in [5, 5.41) is 22.4. The maximum Gasteiger partial charge on any atom is 0.319 e. The maximum atomic E-state index is 17.1. The van der Waals surface area contributed by atoms with Crippen LogP contribution in [-0.2, 0) is 9.47 Å². The second-order valence-electron chi connectivity index (χ2n) is 15.5. The highest BCUT2D eigenvalue weighted by molar-refractivity contribution is 6.02. The predicted molar refractivity (Wildman–Crippen MR) is 194 cm³/mol. The van der Waals surface area contributed by atoms with E-state index < -0.39 is 17.2 Å². The van der Waals surface area contributed by atoms with Gasteiger partial charge in [-0.3, -0.25) is 4.90 Å². The molecule has 0 saturated carbocycles. The number of rotatable bonds is 7. The summed E-state index contributed by atoms with van der Waals surface area (Å²) in [7, 11) is 1.40.